The van der Waals surface area contributed by atoms with Gasteiger partial charge in [0.25, 0.3) is 0 Å². The van der Waals surface area contributed by atoms with Crippen LogP contribution in [0.2, 0.25) is 0 Å². The van der Waals surface area contributed by atoms with Crippen molar-refractivity contribution in [3.8, 4) is 11.5 Å². The number of benzene rings is 3. The third-order valence-corrected chi connectivity index (χ3v) is 4.04. The van der Waals surface area contributed by atoms with Crippen LogP contribution in [0.15, 0.2) is 66.7 Å². The third-order valence-electron chi connectivity index (χ3n) is 4.04. The van der Waals surface area contributed by atoms with Crippen LogP contribution >= 0.6 is 0 Å². The molecule has 7 nitrogen and oxygen atoms in total. The number of nitro groups is 1. The van der Waals surface area contributed by atoms with E-state index in [4.69, 9.17) is 9.47 Å². The van der Waals surface area contributed by atoms with E-state index in [2.05, 4.69) is 0 Å². The molecule has 0 bridgehead atoms. The number of methoxy groups -OCH3 is 1. The molecule has 0 radical (unpaired) electrons. The van der Waals surface area contributed by atoms with Gasteiger partial charge in [-0.15, -0.1) is 0 Å². The number of ketones is 1. The lowest BCUT2D eigenvalue weighted by Gasteiger charge is -2.07. The van der Waals surface area contributed by atoms with Gasteiger partial charge in [-0.2, -0.15) is 0 Å². The summed E-state index contributed by atoms with van der Waals surface area (Å²) in [5.74, 6) is -1.37. The number of halogens is 1. The molecule has 0 aliphatic carbocycles. The van der Waals surface area contributed by atoms with E-state index in [9.17, 15) is 24.1 Å². The van der Waals surface area contributed by atoms with Gasteiger partial charge in [0.2, 0.25) is 0 Å². The lowest BCUT2D eigenvalue weighted by Crippen LogP contribution is -2.09. The SMILES string of the molecule is COc1ccc(C(=O)Oc2ccc(C(=O)c3ccc(F)cc3)cc2)cc1[N+](=O)[O-]. The summed E-state index contributed by atoms with van der Waals surface area (Å²) in [5, 5.41) is 11.1. The van der Waals surface area contributed by atoms with Gasteiger partial charge in [0.05, 0.1) is 17.6 Å². The Morgan fingerprint density at radius 2 is 1.45 bits per heavy atom. The molecule has 0 aromatic heterocycles. The van der Waals surface area contributed by atoms with E-state index >= 15 is 0 Å². The largest absolute Gasteiger partial charge is 0.490 e. The second-order valence-electron chi connectivity index (χ2n) is 5.89. The van der Waals surface area contributed by atoms with E-state index < -0.39 is 16.7 Å². The average Bonchev–Trinajstić information content (AvgIpc) is 2.73. The molecule has 29 heavy (non-hydrogen) atoms. The molecule has 0 amide bonds. The van der Waals surface area contributed by atoms with Crippen molar-refractivity contribution in [3.63, 3.8) is 0 Å². The Kier molecular flexibility index (Phi) is 5.64. The van der Waals surface area contributed by atoms with Gasteiger partial charge in [-0.1, -0.05) is 0 Å². The fraction of sp³-hybridized carbons (Fsp3) is 0.0476. The van der Waals surface area contributed by atoms with Crippen molar-refractivity contribution in [2.45, 2.75) is 0 Å². The summed E-state index contributed by atoms with van der Waals surface area (Å²) >= 11 is 0. The molecule has 3 rings (SSSR count). The third kappa shape index (κ3) is 4.44. The van der Waals surface area contributed by atoms with Crippen LogP contribution in [0.3, 0.4) is 0 Å². The molecular weight excluding hydrogens is 381 g/mol. The van der Waals surface area contributed by atoms with E-state index in [0.717, 1.165) is 6.07 Å². The number of rotatable bonds is 6. The van der Waals surface area contributed by atoms with Crippen LogP contribution < -0.4 is 9.47 Å². The Bertz CT molecular complexity index is 1080. The summed E-state index contributed by atoms with van der Waals surface area (Å²) in [7, 11) is 1.29. The number of carbonyl (C=O) groups is 2. The Labute approximate surface area is 164 Å². The van der Waals surface area contributed by atoms with Crippen LogP contribution in [0.1, 0.15) is 26.3 Å². The minimum atomic E-state index is -0.798. The average molecular weight is 395 g/mol. The summed E-state index contributed by atoms with van der Waals surface area (Å²) in [6.07, 6.45) is 0. The van der Waals surface area contributed by atoms with Gasteiger partial charge in [-0.3, -0.25) is 14.9 Å². The summed E-state index contributed by atoms with van der Waals surface area (Å²) in [6, 6.07) is 14.6. The van der Waals surface area contributed by atoms with Crippen molar-refractivity contribution >= 4 is 17.4 Å². The molecule has 0 aliphatic heterocycles. The maximum atomic E-state index is 13.0. The Hall–Kier alpha value is -4.07. The van der Waals surface area contributed by atoms with E-state index in [1.54, 1.807) is 0 Å². The highest BCUT2D eigenvalue weighted by Crippen LogP contribution is 2.28. The fourth-order valence-corrected chi connectivity index (χ4v) is 2.57. The Morgan fingerprint density at radius 1 is 0.897 bits per heavy atom. The van der Waals surface area contributed by atoms with Crippen molar-refractivity contribution in [1.29, 1.82) is 0 Å². The first kappa shape index (κ1) is 19.7. The van der Waals surface area contributed by atoms with Gasteiger partial charge < -0.3 is 9.47 Å². The summed E-state index contributed by atoms with van der Waals surface area (Å²) in [4.78, 5) is 35.1. The number of ether oxygens (including phenoxy) is 2. The van der Waals surface area contributed by atoms with Gasteiger partial charge in [-0.05, 0) is 60.7 Å². The zero-order valence-electron chi connectivity index (χ0n) is 15.1. The quantitative estimate of drug-likeness (QED) is 0.204. The number of hydrogen-bond acceptors (Lipinski definition) is 6. The first-order valence-corrected chi connectivity index (χ1v) is 8.34. The molecule has 0 aliphatic rings. The Balaban J connectivity index is 1.75. The molecule has 0 saturated heterocycles. The van der Waals surface area contributed by atoms with Crippen molar-refractivity contribution < 1.29 is 28.4 Å². The van der Waals surface area contributed by atoms with Crippen molar-refractivity contribution in [2.75, 3.05) is 7.11 Å². The maximum Gasteiger partial charge on any atom is 0.343 e. The number of hydrogen-bond donors (Lipinski definition) is 0. The maximum absolute atomic E-state index is 13.0. The molecule has 0 heterocycles. The molecule has 0 saturated carbocycles. The first-order chi connectivity index (χ1) is 13.9. The first-order valence-electron chi connectivity index (χ1n) is 8.34. The highest BCUT2D eigenvalue weighted by atomic mass is 19.1. The monoisotopic (exact) mass is 395 g/mol. The standard InChI is InChI=1S/C21H14FNO6/c1-28-19-11-6-15(12-18(19)23(26)27)21(25)29-17-9-4-14(5-10-17)20(24)13-2-7-16(22)8-3-13/h2-12H,1H3. The zero-order chi connectivity index (χ0) is 21.0. The Morgan fingerprint density at radius 3 is 2.00 bits per heavy atom. The van der Waals surface area contributed by atoms with Gasteiger partial charge >= 0.3 is 11.7 Å². The van der Waals surface area contributed by atoms with Crippen LogP contribution in [0.5, 0.6) is 11.5 Å². The van der Waals surface area contributed by atoms with Gasteiger partial charge in [0.15, 0.2) is 11.5 Å². The molecular formula is C21H14FNO6. The summed E-state index contributed by atoms with van der Waals surface area (Å²) in [5.41, 5.74) is 0.268. The van der Waals surface area contributed by atoms with Crippen LogP contribution in [-0.2, 0) is 0 Å². The number of nitro benzene ring substituents is 1. The highest BCUT2D eigenvalue weighted by Gasteiger charge is 2.19. The van der Waals surface area contributed by atoms with Gasteiger partial charge in [-0.25, -0.2) is 9.18 Å². The molecule has 3 aromatic rings. The van der Waals surface area contributed by atoms with E-state index in [-0.39, 0.29) is 28.5 Å². The van der Waals surface area contributed by atoms with Crippen molar-refractivity contribution in [3.05, 3.63) is 99.4 Å². The van der Waals surface area contributed by atoms with E-state index in [1.807, 2.05) is 0 Å². The number of nitrogens with zero attached hydrogens (tertiary/aromatic N) is 1. The van der Waals surface area contributed by atoms with Gasteiger partial charge in [0, 0.05) is 17.2 Å². The topological polar surface area (TPSA) is 95.7 Å². The van der Waals surface area contributed by atoms with Crippen molar-refractivity contribution in [1.82, 2.24) is 0 Å². The highest BCUT2D eigenvalue weighted by molar-refractivity contribution is 6.09. The molecule has 0 atom stereocenters. The van der Waals surface area contributed by atoms with Crippen molar-refractivity contribution in [2.24, 2.45) is 0 Å². The molecule has 3 aromatic carbocycles. The summed E-state index contributed by atoms with van der Waals surface area (Å²) < 4.78 is 23.1. The minimum absolute atomic E-state index is 0.0233. The number of carbonyl (C=O) groups excluding carboxylic acids is 2. The predicted octanol–water partition coefficient (Wildman–Crippen LogP) is 4.19. The molecule has 8 heteroatoms. The molecule has 0 unspecified atom stereocenters. The normalized spacial score (nSPS) is 10.3. The van der Waals surface area contributed by atoms with E-state index in [0.29, 0.717) is 11.1 Å². The fourth-order valence-electron chi connectivity index (χ4n) is 2.57. The molecule has 0 spiro atoms. The lowest BCUT2D eigenvalue weighted by atomic mass is 10.0. The molecule has 146 valence electrons. The zero-order valence-corrected chi connectivity index (χ0v) is 15.1. The molecule has 0 fully saturated rings. The van der Waals surface area contributed by atoms with E-state index in [1.165, 1.54) is 67.8 Å². The minimum Gasteiger partial charge on any atom is -0.490 e. The van der Waals surface area contributed by atoms with Crippen LogP contribution in [0.4, 0.5) is 10.1 Å². The second-order valence-corrected chi connectivity index (χ2v) is 5.89. The number of esters is 1. The second kappa shape index (κ2) is 8.30. The van der Waals surface area contributed by atoms with Crippen LogP contribution in [0, 0.1) is 15.9 Å². The lowest BCUT2D eigenvalue weighted by molar-refractivity contribution is -0.385. The van der Waals surface area contributed by atoms with Crippen LogP contribution in [-0.4, -0.2) is 23.8 Å². The predicted molar refractivity (Wildman–Crippen MR) is 101 cm³/mol. The summed E-state index contributed by atoms with van der Waals surface area (Å²) in [6.45, 7) is 0. The van der Waals surface area contributed by atoms with Gasteiger partial charge in [0.1, 0.15) is 11.6 Å². The smallest absolute Gasteiger partial charge is 0.343 e. The molecule has 0 N–H and O–H groups in total. The van der Waals surface area contributed by atoms with Crippen LogP contribution in [0.25, 0.3) is 0 Å².